The van der Waals surface area contributed by atoms with Crippen molar-refractivity contribution < 1.29 is 23.9 Å². The molecule has 2 heterocycles. The summed E-state index contributed by atoms with van der Waals surface area (Å²) in [5, 5.41) is 2.93. The van der Waals surface area contributed by atoms with E-state index in [1.54, 1.807) is 23.1 Å². The number of nitrogens with zero attached hydrogens (tertiary/aromatic N) is 2. The summed E-state index contributed by atoms with van der Waals surface area (Å²) in [4.78, 5) is 39.8. The molecule has 1 aromatic rings. The van der Waals surface area contributed by atoms with Gasteiger partial charge in [-0.3, -0.25) is 19.3 Å². The zero-order valence-corrected chi connectivity index (χ0v) is 16.2. The fourth-order valence-corrected chi connectivity index (χ4v) is 3.33. The fraction of sp³-hybridized carbons (Fsp3) is 0.550. The van der Waals surface area contributed by atoms with E-state index in [2.05, 4.69) is 10.2 Å². The van der Waals surface area contributed by atoms with Gasteiger partial charge in [-0.2, -0.15) is 0 Å². The van der Waals surface area contributed by atoms with E-state index in [1.807, 2.05) is 0 Å². The van der Waals surface area contributed by atoms with Gasteiger partial charge in [0, 0.05) is 44.7 Å². The lowest BCUT2D eigenvalue weighted by molar-refractivity contribution is -0.122. The highest BCUT2D eigenvalue weighted by molar-refractivity contribution is 6.01. The van der Waals surface area contributed by atoms with Crippen LogP contribution in [0.2, 0.25) is 0 Å². The second kappa shape index (κ2) is 9.66. The van der Waals surface area contributed by atoms with Crippen LogP contribution in [0.25, 0.3) is 0 Å². The Morgan fingerprint density at radius 3 is 2.71 bits per heavy atom. The molecule has 0 aromatic heterocycles. The lowest BCUT2D eigenvalue weighted by Gasteiger charge is -2.29. The zero-order chi connectivity index (χ0) is 19.9. The molecule has 2 aliphatic heterocycles. The minimum absolute atomic E-state index is 0.0216. The number of morpholine rings is 1. The van der Waals surface area contributed by atoms with E-state index in [1.165, 1.54) is 6.92 Å². The van der Waals surface area contributed by atoms with Gasteiger partial charge >= 0.3 is 0 Å². The van der Waals surface area contributed by atoms with Crippen LogP contribution in [0.4, 0.5) is 5.69 Å². The third-order valence-electron chi connectivity index (χ3n) is 4.95. The first-order valence-corrected chi connectivity index (χ1v) is 9.69. The standard InChI is InChI=1S/C20H27N3O5/c1-15(24)16-4-5-18-17(13-16)23(20(26)14-28-18)7-2-3-19(25)21-6-8-22-9-11-27-12-10-22/h4-5,13H,2-3,6-12,14H2,1H3,(H,21,25). The second-order valence-corrected chi connectivity index (χ2v) is 6.98. The Labute approximate surface area is 164 Å². The van der Waals surface area contributed by atoms with E-state index >= 15 is 0 Å². The molecule has 1 saturated heterocycles. The lowest BCUT2D eigenvalue weighted by Crippen LogP contribution is -2.41. The number of carbonyl (C=O) groups is 3. The summed E-state index contributed by atoms with van der Waals surface area (Å²) >= 11 is 0. The smallest absolute Gasteiger partial charge is 0.265 e. The first kappa shape index (κ1) is 20.3. The molecule has 0 aliphatic carbocycles. The topological polar surface area (TPSA) is 88.2 Å². The van der Waals surface area contributed by atoms with Crippen LogP contribution in [-0.4, -0.2) is 75.0 Å². The van der Waals surface area contributed by atoms with E-state index in [0.29, 0.717) is 42.9 Å². The molecule has 2 aliphatic rings. The van der Waals surface area contributed by atoms with Crippen molar-refractivity contribution in [3.05, 3.63) is 23.8 Å². The Morgan fingerprint density at radius 2 is 1.96 bits per heavy atom. The number of rotatable bonds is 8. The van der Waals surface area contributed by atoms with Gasteiger partial charge in [-0.05, 0) is 31.5 Å². The van der Waals surface area contributed by atoms with Gasteiger partial charge in [-0.1, -0.05) is 0 Å². The van der Waals surface area contributed by atoms with E-state index in [-0.39, 0.29) is 24.2 Å². The minimum atomic E-state index is -0.166. The maximum atomic E-state index is 12.3. The summed E-state index contributed by atoms with van der Waals surface area (Å²) in [5.41, 5.74) is 1.12. The molecule has 8 nitrogen and oxygen atoms in total. The maximum absolute atomic E-state index is 12.3. The van der Waals surface area contributed by atoms with Crippen molar-refractivity contribution in [1.29, 1.82) is 0 Å². The predicted molar refractivity (Wildman–Crippen MR) is 104 cm³/mol. The summed E-state index contributed by atoms with van der Waals surface area (Å²) in [6.07, 6.45) is 0.883. The number of Topliss-reactive ketones (excluding diaryl/α,β-unsaturated/α-hetero) is 1. The molecular weight excluding hydrogens is 362 g/mol. The summed E-state index contributed by atoms with van der Waals surface area (Å²) in [5.74, 6) is 0.326. The second-order valence-electron chi connectivity index (χ2n) is 6.98. The van der Waals surface area contributed by atoms with Crippen LogP contribution in [0, 0.1) is 0 Å². The zero-order valence-electron chi connectivity index (χ0n) is 16.2. The van der Waals surface area contributed by atoms with Crippen LogP contribution >= 0.6 is 0 Å². The van der Waals surface area contributed by atoms with E-state index < -0.39 is 0 Å². The largest absolute Gasteiger partial charge is 0.482 e. The molecule has 28 heavy (non-hydrogen) atoms. The average molecular weight is 389 g/mol. The van der Waals surface area contributed by atoms with Gasteiger partial charge in [0.15, 0.2) is 12.4 Å². The molecule has 0 radical (unpaired) electrons. The highest BCUT2D eigenvalue weighted by Crippen LogP contribution is 2.33. The number of ether oxygens (including phenoxy) is 2. The fourth-order valence-electron chi connectivity index (χ4n) is 3.33. The van der Waals surface area contributed by atoms with Crippen molar-refractivity contribution in [1.82, 2.24) is 10.2 Å². The molecule has 0 bridgehead atoms. The molecule has 1 aromatic carbocycles. The van der Waals surface area contributed by atoms with Crippen LogP contribution in [0.3, 0.4) is 0 Å². The normalized spacial score (nSPS) is 17.0. The molecule has 152 valence electrons. The van der Waals surface area contributed by atoms with Crippen molar-refractivity contribution in [2.45, 2.75) is 19.8 Å². The van der Waals surface area contributed by atoms with Gasteiger partial charge in [0.2, 0.25) is 5.91 Å². The Kier molecular flexibility index (Phi) is 7.00. The summed E-state index contributed by atoms with van der Waals surface area (Å²) in [7, 11) is 0. The number of benzene rings is 1. The van der Waals surface area contributed by atoms with Gasteiger partial charge in [-0.25, -0.2) is 0 Å². The Hall–Kier alpha value is -2.45. The molecule has 2 amide bonds. The van der Waals surface area contributed by atoms with Gasteiger partial charge < -0.3 is 19.7 Å². The molecule has 1 N–H and O–H groups in total. The molecular formula is C20H27N3O5. The third-order valence-corrected chi connectivity index (χ3v) is 4.95. The first-order chi connectivity index (χ1) is 13.5. The van der Waals surface area contributed by atoms with Crippen LogP contribution in [-0.2, 0) is 14.3 Å². The highest BCUT2D eigenvalue weighted by atomic mass is 16.5. The molecule has 1 fully saturated rings. The molecule has 8 heteroatoms. The number of nitrogens with one attached hydrogen (secondary N) is 1. The number of fused-ring (bicyclic) bond motifs is 1. The third kappa shape index (κ3) is 5.30. The van der Waals surface area contributed by atoms with Gasteiger partial charge in [0.25, 0.3) is 5.91 Å². The first-order valence-electron chi connectivity index (χ1n) is 9.69. The molecule has 0 spiro atoms. The number of amides is 2. The minimum Gasteiger partial charge on any atom is -0.482 e. The Balaban J connectivity index is 1.46. The summed E-state index contributed by atoms with van der Waals surface area (Å²) in [6, 6.07) is 5.08. The van der Waals surface area contributed by atoms with Crippen molar-refractivity contribution in [3.63, 3.8) is 0 Å². The molecule has 0 atom stereocenters. The SMILES string of the molecule is CC(=O)c1ccc2c(c1)N(CCCC(=O)NCCN1CCOCC1)C(=O)CO2. The predicted octanol–water partition coefficient (Wildman–Crippen LogP) is 0.843. The number of hydrogen-bond acceptors (Lipinski definition) is 6. The number of carbonyl (C=O) groups excluding carboxylic acids is 3. The van der Waals surface area contributed by atoms with Crippen LogP contribution in [0.1, 0.15) is 30.1 Å². The maximum Gasteiger partial charge on any atom is 0.265 e. The van der Waals surface area contributed by atoms with Crippen molar-refractivity contribution in [3.8, 4) is 5.75 Å². The van der Waals surface area contributed by atoms with Crippen molar-refractivity contribution in [2.75, 3.05) is 57.4 Å². The van der Waals surface area contributed by atoms with E-state index in [4.69, 9.17) is 9.47 Å². The van der Waals surface area contributed by atoms with Crippen LogP contribution in [0.15, 0.2) is 18.2 Å². The van der Waals surface area contributed by atoms with Crippen LogP contribution in [0.5, 0.6) is 5.75 Å². The highest BCUT2D eigenvalue weighted by Gasteiger charge is 2.26. The summed E-state index contributed by atoms with van der Waals surface area (Å²) in [6.45, 7) is 6.58. The van der Waals surface area contributed by atoms with E-state index in [9.17, 15) is 14.4 Å². The average Bonchev–Trinajstić information content (AvgIpc) is 2.70. The molecule has 3 rings (SSSR count). The Bertz CT molecular complexity index is 731. The van der Waals surface area contributed by atoms with Crippen molar-refractivity contribution in [2.24, 2.45) is 0 Å². The Morgan fingerprint density at radius 1 is 1.18 bits per heavy atom. The van der Waals surface area contributed by atoms with Crippen LogP contribution < -0.4 is 15.0 Å². The molecule has 0 unspecified atom stereocenters. The number of hydrogen-bond donors (Lipinski definition) is 1. The number of anilines is 1. The monoisotopic (exact) mass is 389 g/mol. The van der Waals surface area contributed by atoms with E-state index in [0.717, 1.165) is 32.8 Å². The quantitative estimate of drug-likeness (QED) is 0.663. The number of ketones is 1. The van der Waals surface area contributed by atoms with Gasteiger partial charge in [0.05, 0.1) is 18.9 Å². The summed E-state index contributed by atoms with van der Waals surface area (Å²) < 4.78 is 10.7. The van der Waals surface area contributed by atoms with Gasteiger partial charge in [0.1, 0.15) is 5.75 Å². The van der Waals surface area contributed by atoms with Gasteiger partial charge in [-0.15, -0.1) is 0 Å². The van der Waals surface area contributed by atoms with Crippen molar-refractivity contribution >= 4 is 23.3 Å². The molecule has 0 saturated carbocycles. The lowest BCUT2D eigenvalue weighted by atomic mass is 10.1.